The van der Waals surface area contributed by atoms with Gasteiger partial charge in [-0.2, -0.15) is 0 Å². The Morgan fingerprint density at radius 3 is 2.62 bits per heavy atom. The zero-order valence-electron chi connectivity index (χ0n) is 12.5. The fourth-order valence-corrected chi connectivity index (χ4v) is 3.75. The molecule has 1 fully saturated rings. The van der Waals surface area contributed by atoms with Crippen LogP contribution in [0.3, 0.4) is 0 Å². The summed E-state index contributed by atoms with van der Waals surface area (Å²) in [5, 5.41) is -0.560. The van der Waals surface area contributed by atoms with Crippen LogP contribution in [0.4, 0.5) is 0 Å². The first-order valence-electron chi connectivity index (χ1n) is 7.22. The maximum absolute atomic E-state index is 12.6. The van der Waals surface area contributed by atoms with Crippen LogP contribution in [0.1, 0.15) is 37.0 Å². The summed E-state index contributed by atoms with van der Waals surface area (Å²) in [6, 6.07) is 6.39. The standard InChI is InChI=1S/C15H22N2O3S/c1-11(2)21(19,20)14-8-4-3-7-13(14)15(18)17-9-5-6-12(16)10-17/h3-4,7-8,11-12H,5-6,9-10,16H2,1-2H3. The normalized spacial score (nSPS) is 19.8. The minimum atomic E-state index is -3.48. The predicted octanol–water partition coefficient (Wildman–Crippen LogP) is 1.43. The minimum Gasteiger partial charge on any atom is -0.337 e. The van der Waals surface area contributed by atoms with Crippen LogP contribution in [-0.4, -0.2) is 43.6 Å². The van der Waals surface area contributed by atoms with Crippen LogP contribution in [-0.2, 0) is 9.84 Å². The van der Waals surface area contributed by atoms with E-state index in [0.717, 1.165) is 12.8 Å². The molecule has 1 atom stereocenters. The summed E-state index contributed by atoms with van der Waals surface area (Å²) in [7, 11) is -3.48. The molecule has 2 rings (SSSR count). The Morgan fingerprint density at radius 1 is 1.33 bits per heavy atom. The van der Waals surface area contributed by atoms with Gasteiger partial charge in [-0.15, -0.1) is 0 Å². The van der Waals surface area contributed by atoms with E-state index in [9.17, 15) is 13.2 Å². The molecule has 1 aliphatic heterocycles. The molecule has 0 radical (unpaired) electrons. The predicted molar refractivity (Wildman–Crippen MR) is 81.9 cm³/mol. The maximum atomic E-state index is 12.6. The molecule has 1 aromatic carbocycles. The lowest BCUT2D eigenvalue weighted by molar-refractivity contribution is 0.0705. The number of amides is 1. The molecular weight excluding hydrogens is 288 g/mol. The molecule has 116 valence electrons. The number of hydrogen-bond donors (Lipinski definition) is 1. The number of nitrogens with two attached hydrogens (primary N) is 1. The number of carbonyl (C=O) groups excluding carboxylic acids is 1. The van der Waals surface area contributed by atoms with Gasteiger partial charge in [-0.05, 0) is 38.8 Å². The first kappa shape index (κ1) is 16.0. The van der Waals surface area contributed by atoms with E-state index in [1.807, 2.05) is 0 Å². The lowest BCUT2D eigenvalue weighted by Gasteiger charge is -2.31. The van der Waals surface area contributed by atoms with Gasteiger partial charge in [0.15, 0.2) is 9.84 Å². The van der Waals surface area contributed by atoms with Gasteiger partial charge >= 0.3 is 0 Å². The number of likely N-dealkylation sites (tertiary alicyclic amines) is 1. The Kier molecular flexibility index (Phi) is 4.68. The zero-order chi connectivity index (χ0) is 15.6. The highest BCUT2D eigenvalue weighted by Gasteiger charge is 2.29. The molecule has 0 aliphatic carbocycles. The molecule has 1 amide bonds. The molecule has 1 heterocycles. The van der Waals surface area contributed by atoms with Crippen molar-refractivity contribution in [3.05, 3.63) is 29.8 Å². The highest BCUT2D eigenvalue weighted by molar-refractivity contribution is 7.92. The lowest BCUT2D eigenvalue weighted by Crippen LogP contribution is -2.46. The molecular formula is C15H22N2O3S. The van der Waals surface area contributed by atoms with Gasteiger partial charge in [0.05, 0.1) is 15.7 Å². The van der Waals surface area contributed by atoms with Crippen molar-refractivity contribution in [3.63, 3.8) is 0 Å². The Bertz CT molecular complexity index is 626. The molecule has 5 nitrogen and oxygen atoms in total. The van der Waals surface area contributed by atoms with E-state index in [-0.39, 0.29) is 22.4 Å². The number of rotatable bonds is 3. The van der Waals surface area contributed by atoms with Crippen molar-refractivity contribution >= 4 is 15.7 Å². The number of benzene rings is 1. The molecule has 21 heavy (non-hydrogen) atoms. The molecule has 1 aromatic rings. The summed E-state index contributed by atoms with van der Waals surface area (Å²) in [6.07, 6.45) is 1.75. The van der Waals surface area contributed by atoms with Crippen LogP contribution in [0.25, 0.3) is 0 Å². The van der Waals surface area contributed by atoms with Crippen LogP contribution >= 0.6 is 0 Å². The molecule has 2 N–H and O–H groups in total. The fraction of sp³-hybridized carbons (Fsp3) is 0.533. The second-order valence-electron chi connectivity index (χ2n) is 5.74. The van der Waals surface area contributed by atoms with E-state index in [0.29, 0.717) is 13.1 Å². The number of piperidine rings is 1. The van der Waals surface area contributed by atoms with Gasteiger partial charge in [0.2, 0.25) is 0 Å². The number of hydrogen-bond acceptors (Lipinski definition) is 4. The average molecular weight is 310 g/mol. The zero-order valence-corrected chi connectivity index (χ0v) is 13.3. The average Bonchev–Trinajstić information content (AvgIpc) is 2.46. The highest BCUT2D eigenvalue weighted by Crippen LogP contribution is 2.23. The maximum Gasteiger partial charge on any atom is 0.255 e. The number of sulfone groups is 1. The second kappa shape index (κ2) is 6.15. The van der Waals surface area contributed by atoms with E-state index in [1.54, 1.807) is 36.9 Å². The van der Waals surface area contributed by atoms with Gasteiger partial charge in [0.25, 0.3) is 5.91 Å². The van der Waals surface area contributed by atoms with Gasteiger partial charge in [0, 0.05) is 19.1 Å². The summed E-state index contributed by atoms with van der Waals surface area (Å²) >= 11 is 0. The largest absolute Gasteiger partial charge is 0.337 e. The van der Waals surface area contributed by atoms with Crippen molar-refractivity contribution in [1.29, 1.82) is 0 Å². The molecule has 0 bridgehead atoms. The molecule has 1 unspecified atom stereocenters. The molecule has 1 saturated heterocycles. The fourth-order valence-electron chi connectivity index (χ4n) is 2.51. The van der Waals surface area contributed by atoms with Gasteiger partial charge in [-0.1, -0.05) is 12.1 Å². The van der Waals surface area contributed by atoms with Crippen LogP contribution in [0.2, 0.25) is 0 Å². The van der Waals surface area contributed by atoms with Crippen LogP contribution in [0, 0.1) is 0 Å². The van der Waals surface area contributed by atoms with E-state index in [2.05, 4.69) is 0 Å². The molecule has 0 aromatic heterocycles. The van der Waals surface area contributed by atoms with E-state index in [1.165, 1.54) is 6.07 Å². The molecule has 0 spiro atoms. The van der Waals surface area contributed by atoms with Crippen molar-refractivity contribution < 1.29 is 13.2 Å². The van der Waals surface area contributed by atoms with Gasteiger partial charge < -0.3 is 10.6 Å². The first-order valence-corrected chi connectivity index (χ1v) is 8.76. The second-order valence-corrected chi connectivity index (χ2v) is 8.22. The summed E-state index contributed by atoms with van der Waals surface area (Å²) in [6.45, 7) is 4.35. The van der Waals surface area contributed by atoms with E-state index < -0.39 is 15.1 Å². The minimum absolute atomic E-state index is 0.0310. The third kappa shape index (κ3) is 3.27. The van der Waals surface area contributed by atoms with Crippen molar-refractivity contribution in [2.75, 3.05) is 13.1 Å². The Labute approximate surface area is 126 Å². The van der Waals surface area contributed by atoms with Gasteiger partial charge in [-0.3, -0.25) is 4.79 Å². The van der Waals surface area contributed by atoms with Crippen molar-refractivity contribution in [2.45, 2.75) is 42.9 Å². The van der Waals surface area contributed by atoms with Gasteiger partial charge in [-0.25, -0.2) is 8.42 Å². The van der Waals surface area contributed by atoms with Crippen LogP contribution in [0.5, 0.6) is 0 Å². The van der Waals surface area contributed by atoms with Crippen molar-refractivity contribution in [3.8, 4) is 0 Å². The van der Waals surface area contributed by atoms with Crippen LogP contribution in [0.15, 0.2) is 29.2 Å². The third-order valence-electron chi connectivity index (χ3n) is 3.79. The monoisotopic (exact) mass is 310 g/mol. The smallest absolute Gasteiger partial charge is 0.255 e. The topological polar surface area (TPSA) is 80.5 Å². The number of carbonyl (C=O) groups is 1. The molecule has 1 aliphatic rings. The van der Waals surface area contributed by atoms with Crippen LogP contribution < -0.4 is 5.73 Å². The third-order valence-corrected chi connectivity index (χ3v) is 6.00. The highest BCUT2D eigenvalue weighted by atomic mass is 32.2. The summed E-state index contributed by atoms with van der Waals surface area (Å²) in [5.41, 5.74) is 6.15. The molecule has 6 heteroatoms. The lowest BCUT2D eigenvalue weighted by atomic mass is 10.1. The first-order chi connectivity index (χ1) is 9.84. The SMILES string of the molecule is CC(C)S(=O)(=O)c1ccccc1C(=O)N1CCCC(N)C1. The Hall–Kier alpha value is -1.40. The van der Waals surface area contributed by atoms with Crippen molar-refractivity contribution in [2.24, 2.45) is 5.73 Å². The van der Waals surface area contributed by atoms with Crippen molar-refractivity contribution in [1.82, 2.24) is 4.90 Å². The summed E-state index contributed by atoms with van der Waals surface area (Å²) in [4.78, 5) is 14.4. The molecule has 0 saturated carbocycles. The quantitative estimate of drug-likeness (QED) is 0.916. The Morgan fingerprint density at radius 2 is 2.00 bits per heavy atom. The van der Waals surface area contributed by atoms with E-state index >= 15 is 0 Å². The van der Waals surface area contributed by atoms with E-state index in [4.69, 9.17) is 5.73 Å². The van der Waals surface area contributed by atoms with Gasteiger partial charge in [0.1, 0.15) is 0 Å². The summed E-state index contributed by atoms with van der Waals surface area (Å²) < 4.78 is 24.8. The Balaban J connectivity index is 2.39. The summed E-state index contributed by atoms with van der Waals surface area (Å²) in [5.74, 6) is -0.245. The number of nitrogens with zero attached hydrogens (tertiary/aromatic N) is 1.